The lowest BCUT2D eigenvalue weighted by atomic mass is 9.75. The van der Waals surface area contributed by atoms with Gasteiger partial charge < -0.3 is 9.64 Å². The lowest BCUT2D eigenvalue weighted by Crippen LogP contribution is -2.44. The molecule has 0 bridgehead atoms. The minimum absolute atomic E-state index is 0.0338. The predicted molar refractivity (Wildman–Crippen MR) is 122 cm³/mol. The summed E-state index contributed by atoms with van der Waals surface area (Å²) in [6, 6.07) is 11.6. The molecule has 1 unspecified atom stereocenters. The van der Waals surface area contributed by atoms with E-state index in [2.05, 4.69) is 0 Å². The summed E-state index contributed by atoms with van der Waals surface area (Å²) >= 11 is 0. The molecule has 1 aliphatic heterocycles. The van der Waals surface area contributed by atoms with Gasteiger partial charge in [-0.25, -0.2) is 0 Å². The van der Waals surface area contributed by atoms with E-state index in [9.17, 15) is 27.6 Å². The number of hydrogen-bond donors (Lipinski definition) is 0. The van der Waals surface area contributed by atoms with E-state index in [0.717, 1.165) is 22.6 Å². The highest BCUT2D eigenvalue weighted by Gasteiger charge is 2.57. The minimum Gasteiger partial charge on any atom is -0.492 e. The zero-order valence-electron chi connectivity index (χ0n) is 19.6. The molecule has 1 heterocycles. The van der Waals surface area contributed by atoms with E-state index in [-0.39, 0.29) is 31.2 Å². The van der Waals surface area contributed by atoms with Crippen LogP contribution in [-0.4, -0.2) is 53.8 Å². The molecule has 0 radical (unpaired) electrons. The molecule has 0 spiro atoms. The van der Waals surface area contributed by atoms with E-state index in [0.29, 0.717) is 18.6 Å². The maximum Gasteiger partial charge on any atom is 0.416 e. The second-order valence-corrected chi connectivity index (χ2v) is 9.29. The van der Waals surface area contributed by atoms with Gasteiger partial charge in [-0.05, 0) is 43.5 Å². The van der Waals surface area contributed by atoms with Crippen molar-refractivity contribution in [2.45, 2.75) is 50.2 Å². The molecule has 1 saturated heterocycles. The fourth-order valence-electron chi connectivity index (χ4n) is 4.38. The van der Waals surface area contributed by atoms with Crippen molar-refractivity contribution in [3.05, 3.63) is 65.2 Å². The SMILES string of the molecule is Cc1ccc(OCCN(C)C(=O)CC2(c3cccc(C(F)(F)F)c3)CC(=O)N(C3CC3)C2=O)cc1. The Hall–Kier alpha value is -3.36. The molecule has 2 fully saturated rings. The van der Waals surface area contributed by atoms with E-state index in [4.69, 9.17) is 4.74 Å². The number of halogens is 3. The zero-order chi connectivity index (χ0) is 25.4. The summed E-state index contributed by atoms with van der Waals surface area (Å²) in [7, 11) is 1.54. The van der Waals surface area contributed by atoms with Gasteiger partial charge >= 0.3 is 6.18 Å². The largest absolute Gasteiger partial charge is 0.492 e. The first-order valence-corrected chi connectivity index (χ1v) is 11.5. The summed E-state index contributed by atoms with van der Waals surface area (Å²) in [6.45, 7) is 2.36. The Bertz CT molecular complexity index is 1130. The minimum atomic E-state index is -4.62. The molecule has 1 aliphatic carbocycles. The molecule has 4 rings (SSSR count). The molecule has 9 heteroatoms. The molecule has 6 nitrogen and oxygen atoms in total. The lowest BCUT2D eigenvalue weighted by Gasteiger charge is -2.29. The first-order chi connectivity index (χ1) is 16.5. The number of amides is 3. The van der Waals surface area contributed by atoms with Gasteiger partial charge in [0.15, 0.2) is 0 Å². The highest BCUT2D eigenvalue weighted by Crippen LogP contribution is 2.45. The third-order valence-electron chi connectivity index (χ3n) is 6.60. The number of hydrogen-bond acceptors (Lipinski definition) is 4. The summed E-state index contributed by atoms with van der Waals surface area (Å²) in [5.41, 5.74) is -1.47. The van der Waals surface area contributed by atoms with Gasteiger partial charge in [0.2, 0.25) is 17.7 Å². The normalized spacial score (nSPS) is 20.3. The van der Waals surface area contributed by atoms with Gasteiger partial charge in [-0.2, -0.15) is 13.2 Å². The second kappa shape index (κ2) is 9.36. The van der Waals surface area contributed by atoms with Crippen LogP contribution in [0, 0.1) is 6.92 Å². The number of benzene rings is 2. The topological polar surface area (TPSA) is 66.9 Å². The molecule has 0 N–H and O–H groups in total. The van der Waals surface area contributed by atoms with Gasteiger partial charge in [0, 0.05) is 25.9 Å². The molecular weight excluding hydrogens is 461 g/mol. The molecule has 35 heavy (non-hydrogen) atoms. The van der Waals surface area contributed by atoms with Crippen molar-refractivity contribution >= 4 is 17.7 Å². The molecule has 2 aromatic rings. The van der Waals surface area contributed by atoms with Crippen LogP contribution in [0.3, 0.4) is 0 Å². The molecule has 3 amide bonds. The molecule has 0 aromatic heterocycles. The average Bonchev–Trinajstić information content (AvgIpc) is 3.60. The van der Waals surface area contributed by atoms with Crippen LogP contribution in [0.2, 0.25) is 0 Å². The number of carbonyl (C=O) groups is 3. The smallest absolute Gasteiger partial charge is 0.416 e. The van der Waals surface area contributed by atoms with Crippen LogP contribution in [0.25, 0.3) is 0 Å². The Labute approximate surface area is 201 Å². The fourth-order valence-corrected chi connectivity index (χ4v) is 4.38. The average molecular weight is 489 g/mol. The highest BCUT2D eigenvalue weighted by molar-refractivity contribution is 6.11. The Kier molecular flexibility index (Phi) is 6.62. The third kappa shape index (κ3) is 5.18. The van der Waals surface area contributed by atoms with E-state index in [1.807, 2.05) is 31.2 Å². The number of carbonyl (C=O) groups excluding carboxylic acids is 3. The number of nitrogens with zero attached hydrogens (tertiary/aromatic N) is 2. The number of likely N-dealkylation sites (N-methyl/N-ethyl adjacent to an activating group) is 1. The zero-order valence-corrected chi connectivity index (χ0v) is 19.6. The number of rotatable bonds is 8. The van der Waals surface area contributed by atoms with Gasteiger partial charge in [0.25, 0.3) is 0 Å². The van der Waals surface area contributed by atoms with Gasteiger partial charge in [-0.1, -0.05) is 35.9 Å². The van der Waals surface area contributed by atoms with Crippen molar-refractivity contribution in [2.24, 2.45) is 0 Å². The van der Waals surface area contributed by atoms with Gasteiger partial charge in [0.05, 0.1) is 17.5 Å². The predicted octanol–water partition coefficient (Wildman–Crippen LogP) is 4.10. The van der Waals surface area contributed by atoms with Crippen LogP contribution >= 0.6 is 0 Å². The Morgan fingerprint density at radius 3 is 2.46 bits per heavy atom. The molecule has 1 atom stereocenters. The molecule has 186 valence electrons. The standard InChI is InChI=1S/C26H27F3N2O4/c1-17-6-10-21(11-7-17)35-13-12-30(2)22(32)15-25(16-23(33)31(24(25)34)20-8-9-20)18-4-3-5-19(14-18)26(27,28)29/h3-7,10-11,14,20H,8-9,12-13,15-16H2,1-2H3. The van der Waals surface area contributed by atoms with Crippen molar-refractivity contribution in [3.63, 3.8) is 0 Å². The number of imide groups is 1. The number of likely N-dealkylation sites (tertiary alicyclic amines) is 1. The molecular formula is C26H27F3N2O4. The van der Waals surface area contributed by atoms with E-state index >= 15 is 0 Å². The molecule has 2 aromatic carbocycles. The summed E-state index contributed by atoms with van der Waals surface area (Å²) in [5.74, 6) is -0.850. The van der Waals surface area contributed by atoms with Gasteiger partial charge in [-0.3, -0.25) is 19.3 Å². The van der Waals surface area contributed by atoms with Crippen LogP contribution in [-0.2, 0) is 26.0 Å². The van der Waals surface area contributed by atoms with Crippen molar-refractivity contribution < 1.29 is 32.3 Å². The number of aryl methyl sites for hydroxylation is 1. The summed E-state index contributed by atoms with van der Waals surface area (Å²) in [4.78, 5) is 42.0. The van der Waals surface area contributed by atoms with Crippen molar-refractivity contribution in [3.8, 4) is 5.75 Å². The Morgan fingerprint density at radius 2 is 1.83 bits per heavy atom. The maximum atomic E-state index is 13.5. The second-order valence-electron chi connectivity index (χ2n) is 9.29. The maximum absolute atomic E-state index is 13.5. The van der Waals surface area contributed by atoms with E-state index in [1.54, 1.807) is 7.05 Å². The Balaban J connectivity index is 1.54. The first kappa shape index (κ1) is 24.8. The van der Waals surface area contributed by atoms with Crippen LogP contribution in [0.15, 0.2) is 48.5 Å². The van der Waals surface area contributed by atoms with Crippen molar-refractivity contribution in [1.82, 2.24) is 9.80 Å². The van der Waals surface area contributed by atoms with Crippen molar-refractivity contribution in [2.75, 3.05) is 20.2 Å². The fraction of sp³-hybridized carbons (Fsp3) is 0.423. The summed E-state index contributed by atoms with van der Waals surface area (Å²) in [5, 5.41) is 0. The van der Waals surface area contributed by atoms with Crippen LogP contribution in [0.1, 0.15) is 42.4 Å². The monoisotopic (exact) mass is 488 g/mol. The van der Waals surface area contributed by atoms with Crippen molar-refractivity contribution in [1.29, 1.82) is 0 Å². The third-order valence-corrected chi connectivity index (χ3v) is 6.60. The lowest BCUT2D eigenvalue weighted by molar-refractivity contribution is -0.143. The first-order valence-electron chi connectivity index (χ1n) is 11.5. The summed E-state index contributed by atoms with van der Waals surface area (Å²) < 4.78 is 45.9. The molecule has 1 saturated carbocycles. The summed E-state index contributed by atoms with van der Waals surface area (Å²) in [6.07, 6.45) is -4.01. The van der Waals surface area contributed by atoms with Crippen LogP contribution < -0.4 is 4.74 Å². The van der Waals surface area contributed by atoms with E-state index < -0.39 is 41.3 Å². The quantitative estimate of drug-likeness (QED) is 0.525. The van der Waals surface area contributed by atoms with Crippen LogP contribution in [0.5, 0.6) is 5.75 Å². The van der Waals surface area contributed by atoms with Gasteiger partial charge in [-0.15, -0.1) is 0 Å². The number of ether oxygens (including phenoxy) is 1. The van der Waals surface area contributed by atoms with E-state index in [1.165, 1.54) is 17.0 Å². The van der Waals surface area contributed by atoms with Crippen LogP contribution in [0.4, 0.5) is 13.2 Å². The number of alkyl halides is 3. The highest BCUT2D eigenvalue weighted by atomic mass is 19.4. The van der Waals surface area contributed by atoms with Gasteiger partial charge in [0.1, 0.15) is 12.4 Å². The molecule has 2 aliphatic rings. The Morgan fingerprint density at radius 1 is 1.14 bits per heavy atom.